The Kier molecular flexibility index (Phi) is 5.59. The van der Waals surface area contributed by atoms with Crippen molar-refractivity contribution in [3.8, 4) is 5.75 Å². The van der Waals surface area contributed by atoms with Crippen molar-refractivity contribution >= 4 is 29.2 Å². The number of hydrogen-bond donors (Lipinski definition) is 0. The predicted molar refractivity (Wildman–Crippen MR) is 103 cm³/mol. The highest BCUT2D eigenvalue weighted by molar-refractivity contribution is 6.55. The molecule has 26 heavy (non-hydrogen) atoms. The van der Waals surface area contributed by atoms with Crippen molar-refractivity contribution in [1.82, 2.24) is 0 Å². The molecule has 3 rings (SSSR count). The third-order valence-corrected chi connectivity index (χ3v) is 5.00. The third kappa shape index (κ3) is 4.22. The van der Waals surface area contributed by atoms with E-state index in [0.717, 1.165) is 5.56 Å². The highest BCUT2D eigenvalue weighted by Crippen LogP contribution is 2.60. The lowest BCUT2D eigenvalue weighted by atomic mass is 10.1. The molecule has 0 bridgehead atoms. The van der Waals surface area contributed by atoms with Gasteiger partial charge in [-0.1, -0.05) is 85.6 Å². The molecule has 0 amide bonds. The van der Waals surface area contributed by atoms with Gasteiger partial charge in [0.15, 0.2) is 0 Å². The lowest BCUT2D eigenvalue weighted by Gasteiger charge is -2.20. The van der Waals surface area contributed by atoms with Gasteiger partial charge in [0.1, 0.15) is 10.2 Å². The molecule has 0 aromatic heterocycles. The van der Waals surface area contributed by atoms with Gasteiger partial charge >= 0.3 is 5.97 Å². The Morgan fingerprint density at radius 3 is 2.19 bits per heavy atom. The van der Waals surface area contributed by atoms with Gasteiger partial charge < -0.3 is 9.47 Å². The number of carbonyl (C=O) groups excluding carboxylic acids is 1. The molecule has 3 nitrogen and oxygen atoms in total. The summed E-state index contributed by atoms with van der Waals surface area (Å²) in [5.74, 6) is -0.0474. The normalized spacial score (nSPS) is 21.4. The molecule has 0 radical (unpaired) electrons. The zero-order chi connectivity index (χ0) is 18.7. The van der Waals surface area contributed by atoms with Crippen molar-refractivity contribution in [2.24, 2.45) is 17.3 Å². The molecule has 1 fully saturated rings. The molecule has 1 aliphatic carbocycles. The van der Waals surface area contributed by atoms with Crippen LogP contribution < -0.4 is 4.74 Å². The molecule has 0 saturated heterocycles. The summed E-state index contributed by atoms with van der Waals surface area (Å²) in [6.45, 7) is 3.98. The van der Waals surface area contributed by atoms with E-state index in [1.54, 1.807) is 6.08 Å². The molecule has 1 unspecified atom stereocenters. The predicted octanol–water partition coefficient (Wildman–Crippen LogP) is 5.90. The Balaban J connectivity index is 1.78. The molecule has 5 heteroatoms. The van der Waals surface area contributed by atoms with Gasteiger partial charge in [-0.05, 0) is 29.5 Å². The Labute approximate surface area is 163 Å². The minimum Gasteiger partial charge on any atom is -0.450 e. The summed E-state index contributed by atoms with van der Waals surface area (Å²) in [7, 11) is 0. The second-order valence-corrected chi connectivity index (χ2v) is 7.90. The molecular formula is C21H20Cl2O3. The maximum atomic E-state index is 12.8. The monoisotopic (exact) mass is 390 g/mol. The maximum absolute atomic E-state index is 12.8. The number of ether oxygens (including phenoxy) is 2. The van der Waals surface area contributed by atoms with Crippen LogP contribution >= 0.6 is 23.2 Å². The van der Waals surface area contributed by atoms with Crippen LogP contribution in [0, 0.1) is 17.3 Å². The minimum absolute atomic E-state index is 0.0480. The molecule has 2 aromatic rings. The molecule has 2 aromatic carbocycles. The summed E-state index contributed by atoms with van der Waals surface area (Å²) >= 11 is 11.5. The second-order valence-electron chi connectivity index (χ2n) is 6.89. The third-order valence-electron chi connectivity index (χ3n) is 4.75. The lowest BCUT2D eigenvalue weighted by Crippen LogP contribution is -2.19. The first kappa shape index (κ1) is 18.8. The molecule has 0 aliphatic heterocycles. The summed E-state index contributed by atoms with van der Waals surface area (Å²) < 4.78 is 11.8. The first-order chi connectivity index (χ1) is 12.4. The zero-order valence-corrected chi connectivity index (χ0v) is 16.1. The molecule has 136 valence electrons. The van der Waals surface area contributed by atoms with Crippen molar-refractivity contribution < 1.29 is 14.3 Å². The highest BCUT2D eigenvalue weighted by Gasteiger charge is 2.62. The summed E-state index contributed by atoms with van der Waals surface area (Å²) in [5, 5.41) is 0. The first-order valence-electron chi connectivity index (χ1n) is 8.39. The van der Waals surface area contributed by atoms with E-state index in [4.69, 9.17) is 32.7 Å². The standard InChI is InChI=1S/C21H20Cl2O3/c1-21(2)16(13-17(22)23)18(21)19(24)26-20(14-9-5-3-6-10-14)25-15-11-7-4-8-12-15/h3-13,16,18,20H,1-2H3/t16-,18+,20?/m1/s1. The van der Waals surface area contributed by atoms with E-state index in [2.05, 4.69) is 0 Å². The van der Waals surface area contributed by atoms with Crippen LogP contribution in [0.25, 0.3) is 0 Å². The average molecular weight is 391 g/mol. The van der Waals surface area contributed by atoms with Crippen molar-refractivity contribution in [1.29, 1.82) is 0 Å². The fourth-order valence-corrected chi connectivity index (χ4v) is 3.42. The molecule has 0 spiro atoms. The smallest absolute Gasteiger partial charge is 0.313 e. The van der Waals surface area contributed by atoms with E-state index in [0.29, 0.717) is 5.75 Å². The van der Waals surface area contributed by atoms with E-state index < -0.39 is 6.29 Å². The molecule has 3 atom stereocenters. The van der Waals surface area contributed by atoms with Gasteiger partial charge in [-0.2, -0.15) is 0 Å². The quantitative estimate of drug-likeness (QED) is 0.454. The summed E-state index contributed by atoms with van der Waals surface area (Å²) in [6.07, 6.45) is 0.878. The Morgan fingerprint density at radius 1 is 1.04 bits per heavy atom. The number of hydrogen-bond acceptors (Lipinski definition) is 3. The number of benzene rings is 2. The minimum atomic E-state index is -0.821. The van der Waals surface area contributed by atoms with Crippen molar-refractivity contribution in [3.05, 3.63) is 76.8 Å². The molecule has 1 saturated carbocycles. The Morgan fingerprint density at radius 2 is 1.62 bits per heavy atom. The van der Waals surface area contributed by atoms with E-state index >= 15 is 0 Å². The molecule has 1 aliphatic rings. The van der Waals surface area contributed by atoms with Crippen molar-refractivity contribution in [2.45, 2.75) is 20.1 Å². The summed E-state index contributed by atoms with van der Waals surface area (Å²) in [5.41, 5.74) is 0.519. The number of para-hydroxylation sites is 1. The Bertz CT molecular complexity index is 783. The second kappa shape index (κ2) is 7.73. The molecule has 0 N–H and O–H groups in total. The van der Waals surface area contributed by atoms with Gasteiger partial charge in [0.2, 0.25) is 0 Å². The largest absolute Gasteiger partial charge is 0.450 e. The SMILES string of the molecule is CC1(C)[C@H](C=C(Cl)Cl)[C@H]1C(=O)OC(Oc1ccccc1)c1ccccc1. The fraction of sp³-hybridized carbons (Fsp3) is 0.286. The van der Waals surface area contributed by atoms with Crippen LogP contribution in [-0.4, -0.2) is 5.97 Å². The summed E-state index contributed by atoms with van der Waals surface area (Å²) in [6, 6.07) is 18.7. The maximum Gasteiger partial charge on any atom is 0.313 e. The van der Waals surface area contributed by atoms with Gasteiger partial charge in [0.25, 0.3) is 6.29 Å². The zero-order valence-electron chi connectivity index (χ0n) is 14.6. The fourth-order valence-electron chi connectivity index (χ4n) is 3.15. The van der Waals surface area contributed by atoms with Crippen molar-refractivity contribution in [2.75, 3.05) is 0 Å². The van der Waals surface area contributed by atoms with E-state index in [-0.39, 0.29) is 27.7 Å². The number of halogens is 2. The van der Waals surface area contributed by atoms with Crippen LogP contribution in [-0.2, 0) is 9.53 Å². The molecule has 0 heterocycles. The number of esters is 1. The van der Waals surface area contributed by atoms with Gasteiger partial charge in [0.05, 0.1) is 5.92 Å². The van der Waals surface area contributed by atoms with Gasteiger partial charge in [-0.3, -0.25) is 4.79 Å². The first-order valence-corrected chi connectivity index (χ1v) is 9.15. The van der Waals surface area contributed by atoms with Crippen LogP contribution in [0.5, 0.6) is 5.75 Å². The van der Waals surface area contributed by atoms with Gasteiger partial charge in [0, 0.05) is 5.56 Å². The van der Waals surface area contributed by atoms with Gasteiger partial charge in [-0.25, -0.2) is 0 Å². The van der Waals surface area contributed by atoms with Crippen LogP contribution in [0.2, 0.25) is 0 Å². The topological polar surface area (TPSA) is 35.5 Å². The number of carbonyl (C=O) groups is 1. The van der Waals surface area contributed by atoms with Gasteiger partial charge in [-0.15, -0.1) is 0 Å². The highest BCUT2D eigenvalue weighted by atomic mass is 35.5. The number of rotatable bonds is 6. The van der Waals surface area contributed by atoms with E-state index in [9.17, 15) is 4.79 Å². The molecular weight excluding hydrogens is 371 g/mol. The Hall–Kier alpha value is -1.97. The number of allylic oxidation sites excluding steroid dienone is 1. The lowest BCUT2D eigenvalue weighted by molar-refractivity contribution is -0.167. The van der Waals surface area contributed by atoms with Crippen LogP contribution in [0.1, 0.15) is 25.7 Å². The van der Waals surface area contributed by atoms with E-state index in [1.807, 2.05) is 74.5 Å². The van der Waals surface area contributed by atoms with Crippen LogP contribution in [0.15, 0.2) is 71.2 Å². The van der Waals surface area contributed by atoms with Crippen LogP contribution in [0.3, 0.4) is 0 Å². The van der Waals surface area contributed by atoms with Crippen LogP contribution in [0.4, 0.5) is 0 Å². The van der Waals surface area contributed by atoms with Crippen molar-refractivity contribution in [3.63, 3.8) is 0 Å². The average Bonchev–Trinajstić information content (AvgIpc) is 3.15. The van der Waals surface area contributed by atoms with E-state index in [1.165, 1.54) is 0 Å². The summed E-state index contributed by atoms with van der Waals surface area (Å²) in [4.78, 5) is 12.8.